The van der Waals surface area contributed by atoms with Crippen LogP contribution in [0.2, 0.25) is 5.02 Å². The molecule has 2 aromatic rings. The number of halogens is 1. The maximum absolute atomic E-state index is 11.5. The summed E-state index contributed by atoms with van der Waals surface area (Å²) in [5.41, 5.74) is 1.01. The molecule has 0 aliphatic carbocycles. The van der Waals surface area contributed by atoms with Crippen molar-refractivity contribution in [2.75, 3.05) is 7.11 Å². The van der Waals surface area contributed by atoms with Crippen LogP contribution in [0.15, 0.2) is 41.8 Å². The van der Waals surface area contributed by atoms with Crippen LogP contribution in [0.25, 0.3) is 0 Å². The van der Waals surface area contributed by atoms with Crippen molar-refractivity contribution in [3.05, 3.63) is 57.2 Å². The molecule has 0 saturated heterocycles. The minimum absolute atomic E-state index is 0.0567. The van der Waals surface area contributed by atoms with Crippen LogP contribution >= 0.6 is 22.9 Å². The van der Waals surface area contributed by atoms with E-state index in [1.165, 1.54) is 7.11 Å². The van der Waals surface area contributed by atoms with Crippen LogP contribution in [-0.2, 0) is 16.1 Å². The normalized spacial score (nSPS) is 12.1. The van der Waals surface area contributed by atoms with E-state index in [-0.39, 0.29) is 12.0 Å². The van der Waals surface area contributed by atoms with Crippen LogP contribution in [0.5, 0.6) is 0 Å². The van der Waals surface area contributed by atoms with E-state index in [4.69, 9.17) is 16.3 Å². The Balaban J connectivity index is 2.05. The number of nitrogens with one attached hydrogen (secondary N) is 1. The third kappa shape index (κ3) is 4.07. The molecule has 0 radical (unpaired) electrons. The topological polar surface area (TPSA) is 38.3 Å². The fourth-order valence-electron chi connectivity index (χ4n) is 1.89. The molecular weight excluding hydrogens is 294 g/mol. The van der Waals surface area contributed by atoms with Crippen molar-refractivity contribution in [2.45, 2.75) is 19.0 Å². The third-order valence-corrected chi connectivity index (χ3v) is 4.34. The monoisotopic (exact) mass is 309 g/mol. The summed E-state index contributed by atoms with van der Waals surface area (Å²) in [5.74, 6) is -0.227. The quantitative estimate of drug-likeness (QED) is 0.825. The molecule has 5 heteroatoms. The molecule has 0 bridgehead atoms. The van der Waals surface area contributed by atoms with Crippen molar-refractivity contribution in [1.29, 1.82) is 0 Å². The summed E-state index contributed by atoms with van der Waals surface area (Å²) >= 11 is 7.76. The number of thiophene rings is 1. The van der Waals surface area contributed by atoms with Gasteiger partial charge in [-0.15, -0.1) is 11.3 Å². The van der Waals surface area contributed by atoms with Gasteiger partial charge in [0.15, 0.2) is 0 Å². The molecule has 2 rings (SSSR count). The lowest BCUT2D eigenvalue weighted by Gasteiger charge is -2.17. The average molecular weight is 310 g/mol. The first kappa shape index (κ1) is 15.0. The van der Waals surface area contributed by atoms with Crippen molar-refractivity contribution in [1.82, 2.24) is 5.32 Å². The maximum atomic E-state index is 11.5. The standard InChI is InChI=1S/C15H16ClNO2S/c1-19-15(18)9-13(14-7-4-8-20-14)17-10-11-5-2-3-6-12(11)16/h2-8,13,17H,9-10H2,1H3. The van der Waals surface area contributed by atoms with Crippen LogP contribution in [0.1, 0.15) is 22.9 Å². The van der Waals surface area contributed by atoms with E-state index in [2.05, 4.69) is 5.32 Å². The summed E-state index contributed by atoms with van der Waals surface area (Å²) in [5, 5.41) is 6.09. The fourth-order valence-corrected chi connectivity index (χ4v) is 2.89. The Labute approximate surface area is 127 Å². The predicted molar refractivity (Wildman–Crippen MR) is 82.0 cm³/mol. The Bertz CT molecular complexity index is 557. The second-order valence-corrected chi connectivity index (χ2v) is 5.71. The molecule has 0 spiro atoms. The number of carbonyl (C=O) groups is 1. The highest BCUT2D eigenvalue weighted by Crippen LogP contribution is 2.24. The Kier molecular flexibility index (Phi) is 5.59. The first-order chi connectivity index (χ1) is 9.70. The summed E-state index contributed by atoms with van der Waals surface area (Å²) in [7, 11) is 1.40. The number of ether oxygens (including phenoxy) is 1. The van der Waals surface area contributed by atoms with Crippen molar-refractivity contribution in [3.63, 3.8) is 0 Å². The molecule has 0 saturated carbocycles. The minimum Gasteiger partial charge on any atom is -0.469 e. The molecule has 0 amide bonds. The predicted octanol–water partition coefficient (Wildman–Crippen LogP) is 3.80. The van der Waals surface area contributed by atoms with E-state index in [1.54, 1.807) is 11.3 Å². The molecule has 1 atom stereocenters. The fraction of sp³-hybridized carbons (Fsp3) is 0.267. The lowest BCUT2D eigenvalue weighted by atomic mass is 10.1. The molecule has 1 N–H and O–H groups in total. The van der Waals surface area contributed by atoms with E-state index in [1.807, 2.05) is 41.8 Å². The van der Waals surface area contributed by atoms with Gasteiger partial charge < -0.3 is 10.1 Å². The number of rotatable bonds is 6. The van der Waals surface area contributed by atoms with Gasteiger partial charge in [0.25, 0.3) is 0 Å². The molecule has 20 heavy (non-hydrogen) atoms. The van der Waals surface area contributed by atoms with Crippen LogP contribution in [0, 0.1) is 0 Å². The van der Waals surface area contributed by atoms with Gasteiger partial charge in [-0.2, -0.15) is 0 Å². The highest BCUT2D eigenvalue weighted by atomic mass is 35.5. The SMILES string of the molecule is COC(=O)CC(NCc1ccccc1Cl)c1cccs1. The van der Waals surface area contributed by atoms with Gasteiger partial charge in [0.2, 0.25) is 0 Å². The minimum atomic E-state index is -0.227. The van der Waals surface area contributed by atoms with Crippen molar-refractivity contribution >= 4 is 28.9 Å². The van der Waals surface area contributed by atoms with Gasteiger partial charge in [-0.1, -0.05) is 35.9 Å². The molecule has 106 valence electrons. The Morgan fingerprint density at radius 1 is 1.35 bits per heavy atom. The smallest absolute Gasteiger partial charge is 0.307 e. The molecule has 1 aromatic heterocycles. The zero-order chi connectivity index (χ0) is 14.4. The van der Waals surface area contributed by atoms with Gasteiger partial charge >= 0.3 is 5.97 Å². The summed E-state index contributed by atoms with van der Waals surface area (Å²) < 4.78 is 4.75. The third-order valence-electron chi connectivity index (χ3n) is 2.98. The molecule has 0 aliphatic heterocycles. The number of carbonyl (C=O) groups excluding carboxylic acids is 1. The van der Waals surface area contributed by atoms with Crippen molar-refractivity contribution in [2.24, 2.45) is 0 Å². The molecule has 1 aromatic carbocycles. The number of hydrogen-bond acceptors (Lipinski definition) is 4. The zero-order valence-corrected chi connectivity index (χ0v) is 12.7. The largest absolute Gasteiger partial charge is 0.469 e. The first-order valence-electron chi connectivity index (χ1n) is 6.27. The van der Waals surface area contributed by atoms with E-state index >= 15 is 0 Å². The summed E-state index contributed by atoms with van der Waals surface area (Å²) in [6.45, 7) is 0.610. The lowest BCUT2D eigenvalue weighted by molar-refractivity contribution is -0.141. The number of hydrogen-bond donors (Lipinski definition) is 1. The van der Waals surface area contributed by atoms with E-state index < -0.39 is 0 Å². The van der Waals surface area contributed by atoms with Gasteiger partial charge in [0, 0.05) is 16.4 Å². The maximum Gasteiger partial charge on any atom is 0.307 e. The highest BCUT2D eigenvalue weighted by Gasteiger charge is 2.17. The molecule has 0 aliphatic rings. The van der Waals surface area contributed by atoms with Crippen molar-refractivity contribution < 1.29 is 9.53 Å². The van der Waals surface area contributed by atoms with Gasteiger partial charge in [0.1, 0.15) is 0 Å². The zero-order valence-electron chi connectivity index (χ0n) is 11.1. The summed E-state index contributed by atoms with van der Waals surface area (Å²) in [6, 6.07) is 11.6. The number of esters is 1. The molecule has 3 nitrogen and oxygen atoms in total. The lowest BCUT2D eigenvalue weighted by Crippen LogP contribution is -2.23. The van der Waals surface area contributed by atoms with Gasteiger partial charge in [-0.3, -0.25) is 4.79 Å². The second-order valence-electron chi connectivity index (χ2n) is 4.32. The molecule has 1 unspecified atom stereocenters. The van der Waals surface area contributed by atoms with Gasteiger partial charge in [0.05, 0.1) is 19.6 Å². The van der Waals surface area contributed by atoms with Gasteiger partial charge in [-0.05, 0) is 23.1 Å². The van der Waals surface area contributed by atoms with E-state index in [0.717, 1.165) is 15.5 Å². The van der Waals surface area contributed by atoms with E-state index in [9.17, 15) is 4.79 Å². The van der Waals surface area contributed by atoms with Crippen LogP contribution in [-0.4, -0.2) is 13.1 Å². The Morgan fingerprint density at radius 2 is 2.15 bits per heavy atom. The highest BCUT2D eigenvalue weighted by molar-refractivity contribution is 7.10. The Hall–Kier alpha value is -1.36. The summed E-state index contributed by atoms with van der Waals surface area (Å²) in [6.07, 6.45) is 0.307. The Morgan fingerprint density at radius 3 is 2.80 bits per heavy atom. The van der Waals surface area contributed by atoms with E-state index in [0.29, 0.717) is 13.0 Å². The summed E-state index contributed by atoms with van der Waals surface area (Å²) in [4.78, 5) is 12.6. The second kappa shape index (κ2) is 7.43. The first-order valence-corrected chi connectivity index (χ1v) is 7.53. The molecule has 1 heterocycles. The number of benzene rings is 1. The van der Waals surface area contributed by atoms with Crippen molar-refractivity contribution in [3.8, 4) is 0 Å². The number of methoxy groups -OCH3 is 1. The van der Waals surface area contributed by atoms with Gasteiger partial charge in [-0.25, -0.2) is 0 Å². The van der Waals surface area contributed by atoms with Crippen LogP contribution in [0.3, 0.4) is 0 Å². The van der Waals surface area contributed by atoms with Crippen LogP contribution in [0.4, 0.5) is 0 Å². The van der Waals surface area contributed by atoms with Crippen LogP contribution < -0.4 is 5.32 Å². The average Bonchev–Trinajstić information content (AvgIpc) is 2.98. The molecular formula is C15H16ClNO2S. The molecule has 0 fully saturated rings.